The molecule has 2 aromatic rings. The number of sulfonamides is 1. The Hall–Kier alpha value is -1.86. The molecule has 108 valence electrons. The van der Waals surface area contributed by atoms with Crippen LogP contribution in [0.3, 0.4) is 0 Å². The molecule has 2 rings (SSSR count). The van der Waals surface area contributed by atoms with Gasteiger partial charge in [-0.2, -0.15) is 5.10 Å². The van der Waals surface area contributed by atoms with Crippen LogP contribution in [0.25, 0.3) is 0 Å². The van der Waals surface area contributed by atoms with Crippen LogP contribution >= 0.6 is 0 Å². The SMILES string of the molecule is CCn1cc(NS(=O)(=O)c2ccc(C)c(CO)c2)cn1. The van der Waals surface area contributed by atoms with E-state index in [1.54, 1.807) is 16.9 Å². The minimum atomic E-state index is -3.67. The van der Waals surface area contributed by atoms with Crippen molar-refractivity contribution in [1.29, 1.82) is 0 Å². The first-order valence-corrected chi connectivity index (χ1v) is 7.70. The Balaban J connectivity index is 2.30. The molecular formula is C13H17N3O3S. The fourth-order valence-corrected chi connectivity index (χ4v) is 2.87. The average Bonchev–Trinajstić information content (AvgIpc) is 2.86. The molecule has 20 heavy (non-hydrogen) atoms. The van der Waals surface area contributed by atoms with Crippen LogP contribution < -0.4 is 4.72 Å². The molecule has 0 aliphatic rings. The molecule has 1 aromatic heterocycles. The molecule has 6 nitrogen and oxygen atoms in total. The first-order chi connectivity index (χ1) is 9.46. The van der Waals surface area contributed by atoms with Gasteiger partial charge in [0.05, 0.1) is 23.4 Å². The van der Waals surface area contributed by atoms with Crippen molar-refractivity contribution in [3.05, 3.63) is 41.7 Å². The number of hydrogen-bond donors (Lipinski definition) is 2. The fourth-order valence-electron chi connectivity index (χ4n) is 1.79. The molecule has 0 saturated heterocycles. The molecule has 0 atom stereocenters. The highest BCUT2D eigenvalue weighted by molar-refractivity contribution is 7.92. The van der Waals surface area contributed by atoms with E-state index in [1.165, 1.54) is 18.3 Å². The molecule has 0 aliphatic heterocycles. The largest absolute Gasteiger partial charge is 0.392 e. The van der Waals surface area contributed by atoms with Crippen LogP contribution in [0.2, 0.25) is 0 Å². The van der Waals surface area contributed by atoms with Crippen molar-refractivity contribution >= 4 is 15.7 Å². The summed E-state index contributed by atoms with van der Waals surface area (Å²) in [6.45, 7) is 4.21. The van der Waals surface area contributed by atoms with E-state index in [0.29, 0.717) is 17.8 Å². The second kappa shape index (κ2) is 5.64. The monoisotopic (exact) mass is 295 g/mol. The van der Waals surface area contributed by atoms with Crippen LogP contribution in [-0.4, -0.2) is 23.3 Å². The van der Waals surface area contributed by atoms with Crippen LogP contribution in [0.5, 0.6) is 0 Å². The maximum Gasteiger partial charge on any atom is 0.262 e. The third-order valence-corrected chi connectivity index (χ3v) is 4.39. The molecule has 0 amide bonds. The Morgan fingerprint density at radius 2 is 2.15 bits per heavy atom. The van der Waals surface area contributed by atoms with Gasteiger partial charge in [0.15, 0.2) is 0 Å². The van der Waals surface area contributed by atoms with Gasteiger partial charge < -0.3 is 5.11 Å². The van der Waals surface area contributed by atoms with Crippen molar-refractivity contribution in [2.24, 2.45) is 0 Å². The molecular weight excluding hydrogens is 278 g/mol. The summed E-state index contributed by atoms with van der Waals surface area (Å²) in [5, 5.41) is 13.2. The number of aryl methyl sites for hydroxylation is 2. The Bertz CT molecular complexity index is 707. The zero-order valence-electron chi connectivity index (χ0n) is 11.4. The zero-order valence-corrected chi connectivity index (χ0v) is 12.2. The summed E-state index contributed by atoms with van der Waals surface area (Å²) in [7, 11) is -3.67. The lowest BCUT2D eigenvalue weighted by atomic mass is 10.1. The third-order valence-electron chi connectivity index (χ3n) is 3.01. The maximum atomic E-state index is 12.2. The van der Waals surface area contributed by atoms with Crippen molar-refractivity contribution in [1.82, 2.24) is 9.78 Å². The number of aliphatic hydroxyl groups is 1. The highest BCUT2D eigenvalue weighted by atomic mass is 32.2. The van der Waals surface area contributed by atoms with Crippen LogP contribution in [0, 0.1) is 6.92 Å². The predicted octanol–water partition coefficient (Wildman–Crippen LogP) is 1.50. The average molecular weight is 295 g/mol. The molecule has 2 N–H and O–H groups in total. The Kier molecular flexibility index (Phi) is 4.10. The van der Waals surface area contributed by atoms with Crippen molar-refractivity contribution < 1.29 is 13.5 Å². The molecule has 0 spiro atoms. The number of nitrogens with one attached hydrogen (secondary N) is 1. The first kappa shape index (κ1) is 14.5. The number of rotatable bonds is 5. The van der Waals surface area contributed by atoms with Gasteiger partial charge in [0.1, 0.15) is 0 Å². The normalized spacial score (nSPS) is 11.6. The van der Waals surface area contributed by atoms with E-state index in [-0.39, 0.29) is 11.5 Å². The summed E-state index contributed by atoms with van der Waals surface area (Å²) >= 11 is 0. The molecule has 7 heteroatoms. The smallest absolute Gasteiger partial charge is 0.262 e. The predicted molar refractivity (Wildman–Crippen MR) is 75.8 cm³/mol. The quantitative estimate of drug-likeness (QED) is 0.875. The summed E-state index contributed by atoms with van der Waals surface area (Å²) < 4.78 is 28.6. The summed E-state index contributed by atoms with van der Waals surface area (Å²) in [6.07, 6.45) is 3.08. The lowest BCUT2D eigenvalue weighted by Crippen LogP contribution is -2.13. The fraction of sp³-hybridized carbons (Fsp3) is 0.308. The molecule has 1 aromatic carbocycles. The van der Waals surface area contributed by atoms with Gasteiger partial charge in [-0.3, -0.25) is 9.40 Å². The summed E-state index contributed by atoms with van der Waals surface area (Å²) in [5.74, 6) is 0. The highest BCUT2D eigenvalue weighted by Gasteiger charge is 2.16. The van der Waals surface area contributed by atoms with Gasteiger partial charge in [-0.25, -0.2) is 8.42 Å². The van der Waals surface area contributed by atoms with Crippen molar-refractivity contribution in [3.8, 4) is 0 Å². The molecule has 0 saturated carbocycles. The van der Waals surface area contributed by atoms with Gasteiger partial charge >= 0.3 is 0 Å². The molecule has 0 radical (unpaired) electrons. The van der Waals surface area contributed by atoms with E-state index in [2.05, 4.69) is 9.82 Å². The number of anilines is 1. The van der Waals surface area contributed by atoms with Crippen LogP contribution in [-0.2, 0) is 23.2 Å². The minimum Gasteiger partial charge on any atom is -0.392 e. The topological polar surface area (TPSA) is 84.2 Å². The van der Waals surface area contributed by atoms with Crippen LogP contribution in [0.4, 0.5) is 5.69 Å². The molecule has 0 aliphatic carbocycles. The molecule has 0 fully saturated rings. The number of aliphatic hydroxyl groups excluding tert-OH is 1. The number of benzene rings is 1. The molecule has 0 bridgehead atoms. The third kappa shape index (κ3) is 3.00. The second-order valence-electron chi connectivity index (χ2n) is 4.44. The van der Waals surface area contributed by atoms with Gasteiger partial charge in [0.25, 0.3) is 10.0 Å². The van der Waals surface area contributed by atoms with E-state index in [1.807, 2.05) is 13.8 Å². The van der Waals surface area contributed by atoms with Gasteiger partial charge in [-0.05, 0) is 37.1 Å². The standard InChI is InChI=1S/C13H17N3O3S/c1-3-16-8-12(7-14-16)15-20(18,19)13-5-4-10(2)11(6-13)9-17/h4-8,15,17H,3,9H2,1-2H3. The molecule has 0 unspecified atom stereocenters. The van der Waals surface area contributed by atoms with Gasteiger partial charge in [0, 0.05) is 12.7 Å². The minimum absolute atomic E-state index is 0.122. The lowest BCUT2D eigenvalue weighted by molar-refractivity contribution is 0.281. The number of hydrogen-bond acceptors (Lipinski definition) is 4. The van der Waals surface area contributed by atoms with Gasteiger partial charge in [-0.15, -0.1) is 0 Å². The highest BCUT2D eigenvalue weighted by Crippen LogP contribution is 2.19. The van der Waals surface area contributed by atoms with Crippen molar-refractivity contribution in [3.63, 3.8) is 0 Å². The van der Waals surface area contributed by atoms with Gasteiger partial charge in [0.2, 0.25) is 0 Å². The van der Waals surface area contributed by atoms with Crippen LogP contribution in [0.1, 0.15) is 18.1 Å². The Labute approximate surface area is 118 Å². The van der Waals surface area contributed by atoms with E-state index < -0.39 is 10.0 Å². The number of nitrogens with zero attached hydrogens (tertiary/aromatic N) is 2. The van der Waals surface area contributed by atoms with Crippen LogP contribution in [0.15, 0.2) is 35.5 Å². The second-order valence-corrected chi connectivity index (χ2v) is 6.12. The summed E-state index contributed by atoms with van der Waals surface area (Å²) in [6, 6.07) is 4.67. The van der Waals surface area contributed by atoms with E-state index >= 15 is 0 Å². The van der Waals surface area contributed by atoms with Gasteiger partial charge in [-0.1, -0.05) is 6.07 Å². The lowest BCUT2D eigenvalue weighted by Gasteiger charge is -2.09. The van der Waals surface area contributed by atoms with Crippen molar-refractivity contribution in [2.75, 3.05) is 4.72 Å². The Morgan fingerprint density at radius 3 is 2.75 bits per heavy atom. The maximum absolute atomic E-state index is 12.2. The Morgan fingerprint density at radius 1 is 1.40 bits per heavy atom. The first-order valence-electron chi connectivity index (χ1n) is 6.22. The van der Waals surface area contributed by atoms with E-state index in [9.17, 15) is 13.5 Å². The summed E-state index contributed by atoms with van der Waals surface area (Å²) in [5.41, 5.74) is 1.86. The summed E-state index contributed by atoms with van der Waals surface area (Å²) in [4.78, 5) is 0.122. The zero-order chi connectivity index (χ0) is 14.8. The van der Waals surface area contributed by atoms with E-state index in [0.717, 1.165) is 5.56 Å². The van der Waals surface area contributed by atoms with E-state index in [4.69, 9.17) is 0 Å². The molecule has 1 heterocycles. The van der Waals surface area contributed by atoms with Crippen molar-refractivity contribution in [2.45, 2.75) is 31.9 Å². The number of aromatic nitrogens is 2.